The van der Waals surface area contributed by atoms with Gasteiger partial charge in [0, 0.05) is 27.5 Å². The largest absolute Gasteiger partial charge is 0.288 e. The molecule has 0 fully saturated rings. The first-order valence-electron chi connectivity index (χ1n) is 14.3. The van der Waals surface area contributed by atoms with Gasteiger partial charge in [0.2, 0.25) is 0 Å². The molecule has 6 heteroatoms. The predicted octanol–water partition coefficient (Wildman–Crippen LogP) is 7.31. The highest BCUT2D eigenvalue weighted by atomic mass is 16.2. The van der Waals surface area contributed by atoms with Crippen molar-refractivity contribution in [1.29, 1.82) is 0 Å². The number of carbonyl (C=O) groups excluding carboxylic acids is 4. The molecule has 0 spiro atoms. The summed E-state index contributed by atoms with van der Waals surface area (Å²) < 4.78 is 0. The van der Waals surface area contributed by atoms with E-state index in [1.807, 2.05) is 30.3 Å². The minimum Gasteiger partial charge on any atom is -0.288 e. The SMILES string of the molecule is CCC(CC)c1c2c3c(ccc4c5ccc6c7c(ccc(c(c1C(CC)CC)c34)c75)C(=O)NC6=O)C(=O)NC2=O. The van der Waals surface area contributed by atoms with Crippen molar-refractivity contribution in [2.75, 3.05) is 0 Å². The zero-order chi connectivity index (χ0) is 28.0. The van der Waals surface area contributed by atoms with Crippen molar-refractivity contribution in [2.45, 2.75) is 65.2 Å². The summed E-state index contributed by atoms with van der Waals surface area (Å²) in [6, 6.07) is 11.3. The lowest BCUT2D eigenvalue weighted by molar-refractivity contribution is 0.0828. The van der Waals surface area contributed by atoms with Gasteiger partial charge in [0.15, 0.2) is 0 Å². The van der Waals surface area contributed by atoms with Gasteiger partial charge >= 0.3 is 0 Å². The van der Waals surface area contributed by atoms with Crippen molar-refractivity contribution in [3.8, 4) is 0 Å². The monoisotopic (exact) mass is 530 g/mol. The third-order valence-corrected chi connectivity index (χ3v) is 9.46. The van der Waals surface area contributed by atoms with Crippen LogP contribution in [0.15, 0.2) is 36.4 Å². The molecule has 4 amide bonds. The summed E-state index contributed by atoms with van der Waals surface area (Å²) in [4.78, 5) is 52.8. The van der Waals surface area contributed by atoms with Crippen molar-refractivity contribution in [3.63, 3.8) is 0 Å². The Balaban J connectivity index is 1.86. The minimum atomic E-state index is -0.391. The van der Waals surface area contributed by atoms with Gasteiger partial charge in [0.25, 0.3) is 23.6 Å². The first kappa shape index (κ1) is 24.7. The van der Waals surface area contributed by atoms with Crippen LogP contribution >= 0.6 is 0 Å². The van der Waals surface area contributed by atoms with Crippen molar-refractivity contribution < 1.29 is 19.2 Å². The average molecular weight is 531 g/mol. The summed E-state index contributed by atoms with van der Waals surface area (Å²) in [5.41, 5.74) is 4.34. The third kappa shape index (κ3) is 2.94. The fourth-order valence-corrected chi connectivity index (χ4v) is 7.61. The van der Waals surface area contributed by atoms with Crippen molar-refractivity contribution >= 4 is 66.7 Å². The molecule has 0 radical (unpaired) electrons. The molecule has 40 heavy (non-hydrogen) atoms. The van der Waals surface area contributed by atoms with Gasteiger partial charge in [-0.1, -0.05) is 45.9 Å². The van der Waals surface area contributed by atoms with E-state index in [9.17, 15) is 19.2 Å². The van der Waals surface area contributed by atoms with Gasteiger partial charge in [-0.25, -0.2) is 0 Å². The fourth-order valence-electron chi connectivity index (χ4n) is 7.61. The van der Waals surface area contributed by atoms with Crippen LogP contribution < -0.4 is 10.6 Å². The second-order valence-corrected chi connectivity index (χ2v) is 11.2. The quantitative estimate of drug-likeness (QED) is 0.137. The van der Waals surface area contributed by atoms with E-state index in [1.165, 1.54) is 5.56 Å². The van der Waals surface area contributed by atoms with E-state index in [2.05, 4.69) is 38.3 Å². The van der Waals surface area contributed by atoms with Gasteiger partial charge in [0.05, 0.1) is 5.56 Å². The average Bonchev–Trinajstić information content (AvgIpc) is 2.95. The summed E-state index contributed by atoms with van der Waals surface area (Å²) in [6.07, 6.45) is 3.52. The zero-order valence-electron chi connectivity index (χ0n) is 23.1. The van der Waals surface area contributed by atoms with Crippen molar-refractivity contribution in [2.24, 2.45) is 0 Å². The van der Waals surface area contributed by atoms with E-state index in [-0.39, 0.29) is 23.7 Å². The highest BCUT2D eigenvalue weighted by Crippen LogP contribution is 2.51. The van der Waals surface area contributed by atoms with Crippen LogP contribution in [0.25, 0.3) is 43.1 Å². The van der Waals surface area contributed by atoms with Crippen LogP contribution in [-0.2, 0) is 0 Å². The van der Waals surface area contributed by atoms with Crippen LogP contribution in [0.5, 0.6) is 0 Å². The van der Waals surface area contributed by atoms with E-state index in [1.54, 1.807) is 6.07 Å². The summed E-state index contributed by atoms with van der Waals surface area (Å²) in [5.74, 6) is -1.16. The Kier molecular flexibility index (Phi) is 5.30. The maximum atomic E-state index is 13.8. The minimum absolute atomic E-state index is 0.135. The zero-order valence-corrected chi connectivity index (χ0v) is 23.1. The number of hydrogen-bond donors (Lipinski definition) is 2. The van der Waals surface area contributed by atoms with E-state index in [0.717, 1.165) is 69.0 Å². The Morgan fingerprint density at radius 3 is 1.48 bits per heavy atom. The van der Waals surface area contributed by atoms with Crippen LogP contribution in [-0.4, -0.2) is 23.6 Å². The molecule has 0 saturated carbocycles. The Labute approximate surface area is 231 Å². The number of carbonyl (C=O) groups is 4. The first-order chi connectivity index (χ1) is 19.4. The van der Waals surface area contributed by atoms with Gasteiger partial charge in [-0.2, -0.15) is 0 Å². The summed E-state index contributed by atoms with van der Waals surface area (Å²) in [6.45, 7) is 8.68. The fraction of sp³-hybridized carbons (Fsp3) is 0.294. The Morgan fingerprint density at radius 1 is 0.475 bits per heavy atom. The molecule has 200 valence electrons. The Hall–Kier alpha value is -4.32. The molecule has 0 bridgehead atoms. The lowest BCUT2D eigenvalue weighted by Gasteiger charge is -2.32. The molecule has 6 nitrogen and oxygen atoms in total. The molecular formula is C34H30N2O4. The van der Waals surface area contributed by atoms with E-state index in [0.29, 0.717) is 27.6 Å². The molecule has 0 aromatic heterocycles. The molecule has 0 saturated heterocycles. The van der Waals surface area contributed by atoms with Crippen LogP contribution in [0.1, 0.15) is 118 Å². The molecule has 5 aromatic rings. The number of imide groups is 2. The summed E-state index contributed by atoms with van der Waals surface area (Å²) in [7, 11) is 0. The van der Waals surface area contributed by atoms with E-state index >= 15 is 0 Å². The Bertz CT molecular complexity index is 1960. The van der Waals surface area contributed by atoms with Crippen molar-refractivity contribution in [1.82, 2.24) is 10.6 Å². The van der Waals surface area contributed by atoms with Gasteiger partial charge in [0.1, 0.15) is 0 Å². The van der Waals surface area contributed by atoms with E-state index < -0.39 is 11.8 Å². The predicted molar refractivity (Wildman–Crippen MR) is 158 cm³/mol. The lowest BCUT2D eigenvalue weighted by Crippen LogP contribution is -2.36. The van der Waals surface area contributed by atoms with Gasteiger partial charge < -0.3 is 0 Å². The molecule has 0 aliphatic carbocycles. The summed E-state index contributed by atoms with van der Waals surface area (Å²) >= 11 is 0. The maximum absolute atomic E-state index is 13.8. The molecule has 2 aliphatic rings. The topological polar surface area (TPSA) is 92.3 Å². The smallest absolute Gasteiger partial charge is 0.259 e. The molecule has 2 N–H and O–H groups in total. The lowest BCUT2D eigenvalue weighted by atomic mass is 9.72. The summed E-state index contributed by atoms with van der Waals surface area (Å²) in [5, 5.41) is 12.2. The molecular weight excluding hydrogens is 500 g/mol. The second-order valence-electron chi connectivity index (χ2n) is 11.2. The maximum Gasteiger partial charge on any atom is 0.259 e. The van der Waals surface area contributed by atoms with Crippen LogP contribution in [0.4, 0.5) is 0 Å². The molecule has 2 aliphatic heterocycles. The van der Waals surface area contributed by atoms with Crippen molar-refractivity contribution in [3.05, 3.63) is 69.8 Å². The molecule has 0 atom stereocenters. The number of rotatable bonds is 6. The second kappa shape index (κ2) is 8.59. The number of benzene rings is 5. The molecule has 0 unspecified atom stereocenters. The van der Waals surface area contributed by atoms with Gasteiger partial charge in [-0.15, -0.1) is 0 Å². The van der Waals surface area contributed by atoms with Crippen LogP contribution in [0.2, 0.25) is 0 Å². The highest BCUT2D eigenvalue weighted by Gasteiger charge is 2.36. The third-order valence-electron chi connectivity index (χ3n) is 9.46. The first-order valence-corrected chi connectivity index (χ1v) is 14.3. The highest BCUT2D eigenvalue weighted by molar-refractivity contribution is 6.42. The van der Waals surface area contributed by atoms with Crippen LogP contribution in [0.3, 0.4) is 0 Å². The van der Waals surface area contributed by atoms with Gasteiger partial charge in [-0.05, 0) is 99.2 Å². The van der Waals surface area contributed by atoms with Gasteiger partial charge in [-0.3, -0.25) is 29.8 Å². The number of nitrogens with one attached hydrogen (secondary N) is 2. The molecule has 7 rings (SSSR count). The van der Waals surface area contributed by atoms with Crippen LogP contribution in [0, 0.1) is 0 Å². The number of amides is 4. The number of hydrogen-bond acceptors (Lipinski definition) is 4. The Morgan fingerprint density at radius 2 is 0.925 bits per heavy atom. The molecule has 2 heterocycles. The number of fused-ring (bicyclic) bond motifs is 2. The normalized spacial score (nSPS) is 14.9. The standard InChI is InChI=1S/C34H30N2O4/c1-5-15(6-2)23-24(16(7-3)8-4)30-29-22(33(39)36-34(30)40)13-10-18-17-9-12-20-26-21(32(38)35-31(20)37)14-11-19(25(17)26)28(23)27(18)29/h9-16H,5-8H2,1-4H3,(H,35,37,38)(H,36,39,40). The van der Waals surface area contributed by atoms with E-state index in [4.69, 9.17) is 0 Å². The molecule has 5 aromatic carbocycles.